The van der Waals surface area contributed by atoms with E-state index >= 15 is 0 Å². The van der Waals surface area contributed by atoms with Crippen LogP contribution in [0.25, 0.3) is 20.9 Å². The first-order valence-electron chi connectivity index (χ1n) is 36.9. The van der Waals surface area contributed by atoms with Crippen molar-refractivity contribution in [3.05, 3.63) is 236 Å². The summed E-state index contributed by atoms with van der Waals surface area (Å²) in [6.45, 7) is 6.10. The van der Waals surface area contributed by atoms with E-state index in [9.17, 15) is 76.5 Å². The molecule has 5 aliphatic heterocycles. The predicted molar refractivity (Wildman–Crippen MR) is 433 cm³/mol. The number of hydrogen-bond acceptors (Lipinski definition) is 34. The van der Waals surface area contributed by atoms with Crippen LogP contribution in [0.5, 0.6) is 0 Å². The minimum absolute atomic E-state index is 0. The van der Waals surface area contributed by atoms with Crippen LogP contribution < -0.4 is 193 Å². The Morgan fingerprint density at radius 1 is 0.423 bits per heavy atom. The summed E-state index contributed by atoms with van der Waals surface area (Å²) in [5.74, 6) is -2.98. The molecule has 17 atom stereocenters. The number of carboxylic acid groups (broad SMARTS) is 2. The Balaban J connectivity index is -0.000000366. The predicted octanol–water partition coefficient (Wildman–Crippen LogP) is -15.0. The van der Waals surface area contributed by atoms with Gasteiger partial charge < -0.3 is 113 Å². The second-order valence-electron chi connectivity index (χ2n) is 27.3. The van der Waals surface area contributed by atoms with Crippen molar-refractivity contribution < 1.29 is 340 Å². The van der Waals surface area contributed by atoms with Crippen molar-refractivity contribution in [3.63, 3.8) is 0 Å². The number of carbonyl (C=O) groups excluding carboxylic acids is 3. The molecule has 5 aliphatic rings. The number of nitrogens with zero attached hydrogens (tertiary/aromatic N) is 6. The first-order valence-corrected chi connectivity index (χ1v) is 42.2. The summed E-state index contributed by atoms with van der Waals surface area (Å²) in [5.41, 5.74) is 22.4. The number of azide groups is 2. The van der Waals surface area contributed by atoms with Crippen molar-refractivity contribution in [2.45, 2.75) is 186 Å². The van der Waals surface area contributed by atoms with Crippen molar-refractivity contribution in [2.24, 2.45) is 22.1 Å². The van der Waals surface area contributed by atoms with E-state index in [4.69, 9.17) is 58.4 Å². The van der Waals surface area contributed by atoms with Crippen molar-refractivity contribution in [2.75, 3.05) is 52.8 Å². The largest absolute Gasteiger partial charge is 1.00 e. The summed E-state index contributed by atoms with van der Waals surface area (Å²) in [4.78, 5) is 40.0. The van der Waals surface area contributed by atoms with E-state index in [1.54, 1.807) is 62.4 Å². The van der Waals surface area contributed by atoms with Crippen LogP contribution >= 0.6 is 0 Å². The fourth-order valence-corrected chi connectivity index (χ4v) is 14.0. The van der Waals surface area contributed by atoms with Gasteiger partial charge in [-0.2, -0.15) is 0 Å². The second-order valence-corrected chi connectivity index (χ2v) is 31.5. The first kappa shape index (κ1) is 138. The van der Waals surface area contributed by atoms with Gasteiger partial charge in [-0.3, -0.25) is 21.5 Å². The molecular weight excluding hydrogens is 1860 g/mol. The summed E-state index contributed by atoms with van der Waals surface area (Å²) < 4.78 is 200. The van der Waals surface area contributed by atoms with E-state index in [1.165, 1.54) is 0 Å². The van der Waals surface area contributed by atoms with Crippen molar-refractivity contribution in [1.29, 1.82) is 0 Å². The number of rotatable bonds is 34. The third-order valence-corrected chi connectivity index (χ3v) is 20.4. The number of nitrogens with one attached hydrogen (secondary N) is 1. The van der Waals surface area contributed by atoms with Crippen LogP contribution in [-0.2, 0) is 148 Å². The Labute approximate surface area is 890 Å². The quantitative estimate of drug-likeness (QED) is 0.00745. The average molecular weight is 1970 g/mol. The molecule has 130 heavy (non-hydrogen) atoms. The molecule has 0 saturated carbocycles. The first-order chi connectivity index (χ1) is 56.2. The molecule has 0 radical (unpaired) electrons. The van der Waals surface area contributed by atoms with E-state index in [2.05, 4.69) is 42.1 Å². The maximum Gasteiger partial charge on any atom is 1.00 e. The number of ether oxygens (including phenoxy) is 10. The molecule has 5 saturated heterocycles. The molecule has 0 aliphatic carbocycles. The van der Waals surface area contributed by atoms with Gasteiger partial charge in [0.15, 0.2) is 5.78 Å². The summed E-state index contributed by atoms with van der Waals surface area (Å²) in [5, 5.41) is 32.4. The van der Waals surface area contributed by atoms with E-state index in [0.29, 0.717) is 44.8 Å². The molecule has 6 aromatic rings. The second kappa shape index (κ2) is 72.7. The molecule has 0 spiro atoms. The SMILES string of the molecule is C.C.CC1CC(COS(=O)(=O)[O-])OCC1N=[N+]=[N-].C[C@@H]1C(COS(=O)(=O)[O-])OCC(N=[N+]=[N-])C1OCc1ccccc1.C[C@H]1OC(COS(=O)(=O)[O-])CC(OCc2ccccc2)C1NCC(=O)c1ccccc1.O.O.O.O.O=C([O-])C1CC(OCc2ccccc2)C(OCc2ccccc2)CO1.O=C([O-])C1CC(OCc2ccccc2)C(OS(=O)(=O)[O-])CO1.[Na+].[Na+].[Na+].[Na+].[Na+].[Na+]. The van der Waals surface area contributed by atoms with Crippen LogP contribution in [0.2, 0.25) is 0 Å². The zero-order valence-electron chi connectivity index (χ0n) is 72.1. The van der Waals surface area contributed by atoms with Crippen LogP contribution in [0.4, 0.5) is 0 Å². The number of hydrogen-bond donors (Lipinski definition) is 1. The van der Waals surface area contributed by atoms with Crippen LogP contribution in [0.3, 0.4) is 0 Å². The minimum Gasteiger partial charge on any atom is -0.726 e. The molecule has 11 rings (SSSR count). The molecule has 5 fully saturated rings. The summed E-state index contributed by atoms with van der Waals surface area (Å²) in [6.07, 6.45) is -7.15. The van der Waals surface area contributed by atoms with Gasteiger partial charge in [0.2, 0.25) is 41.6 Å². The fraction of sp³-hybridized carbons (Fsp3) is 0.500. The zero-order chi connectivity index (χ0) is 85.7. The normalized spacial score (nSPS) is 23.4. The molecule has 5 heterocycles. The van der Waals surface area contributed by atoms with Crippen molar-refractivity contribution in [1.82, 2.24) is 5.32 Å². The van der Waals surface area contributed by atoms with Crippen LogP contribution in [0.15, 0.2) is 192 Å². The Bertz CT molecular complexity index is 4630. The molecule has 0 bridgehead atoms. The van der Waals surface area contributed by atoms with E-state index < -0.39 is 121 Å². The number of Topliss-reactive ketones (excluding diaryl/α,β-unsaturated/α-hetero) is 1. The van der Waals surface area contributed by atoms with E-state index in [0.717, 1.165) is 27.8 Å². The Morgan fingerprint density at radius 3 is 1.15 bits per heavy atom. The summed E-state index contributed by atoms with van der Waals surface area (Å²) >= 11 is 0. The van der Waals surface area contributed by atoms with Gasteiger partial charge >= 0.3 is 177 Å². The van der Waals surface area contributed by atoms with Crippen LogP contribution in [-0.4, -0.2) is 236 Å². The molecule has 15 unspecified atom stereocenters. The number of aliphatic carboxylic acids is 2. The van der Waals surface area contributed by atoms with Crippen molar-refractivity contribution >= 4 is 59.3 Å². The molecular formula is C78H107N7Na6O35S4. The molecule has 9 N–H and O–H groups in total. The van der Waals surface area contributed by atoms with E-state index in [1.807, 2.05) is 140 Å². The van der Waals surface area contributed by atoms with Gasteiger partial charge in [0.25, 0.3) is 0 Å². The Hall–Kier alpha value is -2.57. The Morgan fingerprint density at radius 2 is 0.769 bits per heavy atom. The van der Waals surface area contributed by atoms with Gasteiger partial charge in [0.05, 0.1) is 177 Å². The molecule has 0 aromatic heterocycles. The monoisotopic (exact) mass is 1970 g/mol. The maximum absolute atomic E-state index is 12.5. The van der Waals surface area contributed by atoms with Crippen LogP contribution in [0.1, 0.15) is 99.5 Å². The Kier molecular flexibility index (Phi) is 77.2. The number of ketones is 1. The molecule has 0 amide bonds. The number of carboxylic acids is 2. The van der Waals surface area contributed by atoms with E-state index in [-0.39, 0.29) is 328 Å². The molecule has 52 heteroatoms. The maximum atomic E-state index is 12.5. The smallest absolute Gasteiger partial charge is 0.726 e. The van der Waals surface area contributed by atoms with Crippen LogP contribution in [0, 0.1) is 11.8 Å². The van der Waals surface area contributed by atoms with Crippen molar-refractivity contribution in [3.8, 4) is 0 Å². The topological polar surface area (TPSA) is 691 Å². The fourth-order valence-electron chi connectivity index (χ4n) is 12.6. The third kappa shape index (κ3) is 54.7. The summed E-state index contributed by atoms with van der Waals surface area (Å²) in [7, 11) is -19.2. The zero-order valence-corrected chi connectivity index (χ0v) is 87.4. The molecule has 694 valence electrons. The minimum atomic E-state index is -4.95. The molecule has 42 nitrogen and oxygen atoms in total. The van der Waals surface area contributed by atoms with Gasteiger partial charge in [-0.1, -0.05) is 221 Å². The van der Waals surface area contributed by atoms with Gasteiger partial charge in [0, 0.05) is 40.6 Å². The standard InChI is InChI=1S/C22H27NO7S.C20H22O5.C14H19N3O6S.C13H16O8S.C7H13N3O5S.2CH4.6Na.4H2O/c1-16-22(23-13-20(24)18-10-6-3-7-11-18)21(28-14-17-8-4-2-5-9-17)12-19(30-16)15-29-31(25,26)27;21-20(22)18-11-17(23-12-15-7-3-1-4-8-15)19(14-25-18)24-13-16-9-5-2-6-10-16;1-10-13(9-23-24(18,19)20)21-8-12(16-17-15)14(10)22-7-11-5-3-2-4-6-11;14-13(15)11-6-10(12(8-20-11)21-22(16,17)18)19-7-9-4-2-1-3-5-9;1-5-2-6(3-15-16(11,12)13)14-4-7(5)9-10-8;;;;;;;;;;;;/h2-11,16,19,21-23H,12-15H2,1H3,(H,25,26,27);1-10,17-19H,11-14H2,(H,21,22);2-6,10,12-14H,7-9H2,1H3,(H,18,19,20);1-5,10-12H,6-8H2,(H,14,15)(H,16,17,18);5-7H,2-4H2,1H3,(H,11,12,13);2*1H4;;;;;;;4*1H2/q;;;;;;;6*+1;;;;/p-6/t16-,19?,21?,22?;;10-,12?,13?,14?;;;;;;;;;;;;;;/m1.1............../s1. The number of benzene rings is 6. The number of carbonyl (C=O) groups is 3. The third-order valence-electron chi connectivity index (χ3n) is 18.7. The summed E-state index contributed by atoms with van der Waals surface area (Å²) in [6, 6.07) is 55.5. The van der Waals surface area contributed by atoms with Gasteiger partial charge in [-0.15, -0.1) is 0 Å². The molecule has 6 aromatic carbocycles. The average Bonchev–Trinajstić information content (AvgIpc) is 0.779. The van der Waals surface area contributed by atoms with Gasteiger partial charge in [0.1, 0.15) is 12.2 Å². The van der Waals surface area contributed by atoms with Gasteiger partial charge in [-0.05, 0) is 58.1 Å². The van der Waals surface area contributed by atoms with Gasteiger partial charge in [-0.25, -0.2) is 33.7 Å².